The second-order valence-electron chi connectivity index (χ2n) is 4.21. The van der Waals surface area contributed by atoms with Crippen molar-refractivity contribution in [3.05, 3.63) is 0 Å². The lowest BCUT2D eigenvalue weighted by Gasteiger charge is -2.33. The zero-order valence-corrected chi connectivity index (χ0v) is 10.3. The van der Waals surface area contributed by atoms with Crippen molar-refractivity contribution in [1.82, 2.24) is 0 Å². The Morgan fingerprint density at radius 1 is 0.812 bits per heavy atom. The highest BCUT2D eigenvalue weighted by Gasteiger charge is 2.23. The number of quaternary nitrogens is 1. The molecule has 0 saturated carbocycles. The Morgan fingerprint density at radius 3 is 1.69 bits per heavy atom. The van der Waals surface area contributed by atoms with Gasteiger partial charge in [0.25, 0.3) is 0 Å². The van der Waals surface area contributed by atoms with E-state index in [2.05, 4.69) is 24.7 Å². The lowest BCUT2D eigenvalue weighted by molar-refractivity contribution is -0.908. The fraction of sp³-hybridized carbons (Fsp3) is 0.600. The number of hydrogen-bond donors (Lipinski definition) is 0. The molecule has 0 aromatic carbocycles. The van der Waals surface area contributed by atoms with Crippen LogP contribution in [-0.4, -0.2) is 30.7 Å². The minimum absolute atomic E-state index is 0.639. The van der Waals surface area contributed by atoms with Crippen LogP contribution in [0.4, 0.5) is 0 Å². The topological polar surface area (TPSA) is 0 Å². The highest BCUT2D eigenvalue weighted by Crippen LogP contribution is 2.10. The molecule has 16 heavy (non-hydrogen) atoms. The molecule has 0 rings (SSSR count). The van der Waals surface area contributed by atoms with Gasteiger partial charge in [-0.05, 0) is 30.6 Å². The van der Waals surface area contributed by atoms with Crippen LogP contribution in [0.3, 0.4) is 0 Å². The van der Waals surface area contributed by atoms with E-state index in [1.807, 2.05) is 0 Å². The van der Waals surface area contributed by atoms with E-state index in [0.717, 1.165) is 13.0 Å². The molecule has 0 aliphatic carbocycles. The average Bonchev–Trinajstić information content (AvgIpc) is 2.26. The van der Waals surface area contributed by atoms with E-state index in [1.165, 1.54) is 19.3 Å². The fourth-order valence-electron chi connectivity index (χ4n) is 1.86. The van der Waals surface area contributed by atoms with Crippen molar-refractivity contribution < 1.29 is 4.48 Å². The Bertz CT molecular complexity index is 254. The first-order valence-corrected chi connectivity index (χ1v) is 5.90. The van der Waals surface area contributed by atoms with E-state index >= 15 is 0 Å². The van der Waals surface area contributed by atoms with Crippen LogP contribution < -0.4 is 0 Å². The quantitative estimate of drug-likeness (QED) is 0.332. The molecule has 0 aliphatic heterocycles. The first-order chi connectivity index (χ1) is 7.74. The molecule has 0 aromatic heterocycles. The summed E-state index contributed by atoms with van der Waals surface area (Å²) in [6, 6.07) is 0. The number of nitrogens with zero attached hydrogens (tertiary/aromatic N) is 1. The van der Waals surface area contributed by atoms with Crippen molar-refractivity contribution in [3.8, 4) is 37.0 Å². The van der Waals surface area contributed by atoms with Crippen molar-refractivity contribution in [2.24, 2.45) is 0 Å². The second kappa shape index (κ2) is 8.91. The maximum atomic E-state index is 5.40. The Morgan fingerprint density at radius 2 is 1.31 bits per heavy atom. The predicted octanol–water partition coefficient (Wildman–Crippen LogP) is 2.28. The summed E-state index contributed by atoms with van der Waals surface area (Å²) in [6.07, 6.45) is 21.1. The molecule has 0 spiro atoms. The minimum Gasteiger partial charge on any atom is -0.293 e. The first kappa shape index (κ1) is 14.6. The molecule has 0 amide bonds. The summed E-state index contributed by atoms with van der Waals surface area (Å²) >= 11 is 0. The molecule has 0 unspecified atom stereocenters. The number of hydrogen-bond acceptors (Lipinski definition) is 0. The standard InChI is InChI=1S/C15H22N/c1-5-9-10-11-15-16(12-6-2,13-7-3)14-8-4/h2-4H,5,9-15H2,1H3/q+1. The van der Waals surface area contributed by atoms with Crippen LogP contribution in [0.25, 0.3) is 0 Å². The van der Waals surface area contributed by atoms with Crippen LogP contribution in [0.5, 0.6) is 0 Å². The Labute approximate surface area is 101 Å². The summed E-state index contributed by atoms with van der Waals surface area (Å²) < 4.78 is 0.688. The summed E-state index contributed by atoms with van der Waals surface area (Å²) in [7, 11) is 0. The van der Waals surface area contributed by atoms with Crippen molar-refractivity contribution >= 4 is 0 Å². The molecule has 0 fully saturated rings. The van der Waals surface area contributed by atoms with Gasteiger partial charge in [-0.2, -0.15) is 0 Å². The van der Waals surface area contributed by atoms with Gasteiger partial charge in [0.05, 0.1) is 6.54 Å². The van der Waals surface area contributed by atoms with Crippen molar-refractivity contribution in [3.63, 3.8) is 0 Å². The van der Waals surface area contributed by atoms with Crippen LogP contribution >= 0.6 is 0 Å². The van der Waals surface area contributed by atoms with Gasteiger partial charge in [-0.15, -0.1) is 19.3 Å². The maximum Gasteiger partial charge on any atom is 0.142 e. The van der Waals surface area contributed by atoms with Gasteiger partial charge in [-0.3, -0.25) is 4.48 Å². The van der Waals surface area contributed by atoms with Gasteiger partial charge in [-0.25, -0.2) is 0 Å². The summed E-state index contributed by atoms with van der Waals surface area (Å²) in [5, 5.41) is 0. The predicted molar refractivity (Wildman–Crippen MR) is 70.4 cm³/mol. The zero-order chi connectivity index (χ0) is 12.3. The molecule has 1 heteroatoms. The largest absolute Gasteiger partial charge is 0.293 e. The average molecular weight is 216 g/mol. The molecule has 0 aromatic rings. The maximum absolute atomic E-state index is 5.40. The van der Waals surface area contributed by atoms with Crippen molar-refractivity contribution in [1.29, 1.82) is 0 Å². The molecule has 0 aliphatic rings. The lowest BCUT2D eigenvalue weighted by Crippen LogP contribution is -2.49. The molecule has 1 nitrogen and oxygen atoms in total. The van der Waals surface area contributed by atoms with Crippen LogP contribution in [0.1, 0.15) is 32.6 Å². The highest BCUT2D eigenvalue weighted by atomic mass is 15.3. The fourth-order valence-corrected chi connectivity index (χ4v) is 1.86. The van der Waals surface area contributed by atoms with Gasteiger partial charge in [-0.1, -0.05) is 19.8 Å². The number of rotatable bonds is 8. The van der Waals surface area contributed by atoms with E-state index in [9.17, 15) is 0 Å². The number of terminal acetylenes is 3. The smallest absolute Gasteiger partial charge is 0.142 e. The SMILES string of the molecule is C#CC[N+](CC#C)(CC#C)CCCCCC. The molecular formula is C15H22N+. The van der Waals surface area contributed by atoms with Gasteiger partial charge in [0.2, 0.25) is 0 Å². The van der Waals surface area contributed by atoms with Gasteiger partial charge in [0, 0.05) is 0 Å². The van der Waals surface area contributed by atoms with Crippen molar-refractivity contribution in [2.45, 2.75) is 32.6 Å². The third kappa shape index (κ3) is 5.50. The third-order valence-electron chi connectivity index (χ3n) is 2.77. The molecule has 0 bridgehead atoms. The summed E-state index contributed by atoms with van der Waals surface area (Å²) in [6.45, 7) is 5.12. The molecule has 0 saturated heterocycles. The molecular weight excluding hydrogens is 194 g/mol. The molecule has 0 atom stereocenters. The first-order valence-electron chi connectivity index (χ1n) is 5.90. The van der Waals surface area contributed by atoms with Crippen LogP contribution in [0.2, 0.25) is 0 Å². The Hall–Kier alpha value is -1.36. The van der Waals surface area contributed by atoms with Gasteiger partial charge >= 0.3 is 0 Å². The zero-order valence-electron chi connectivity index (χ0n) is 10.3. The van der Waals surface area contributed by atoms with E-state index in [0.29, 0.717) is 24.1 Å². The summed E-state index contributed by atoms with van der Waals surface area (Å²) in [5.74, 6) is 8.10. The molecule has 86 valence electrons. The van der Waals surface area contributed by atoms with E-state index in [-0.39, 0.29) is 0 Å². The second-order valence-corrected chi connectivity index (χ2v) is 4.21. The van der Waals surface area contributed by atoms with Gasteiger partial charge < -0.3 is 0 Å². The molecule has 0 heterocycles. The van der Waals surface area contributed by atoms with E-state index < -0.39 is 0 Å². The molecule has 0 radical (unpaired) electrons. The minimum atomic E-state index is 0.639. The monoisotopic (exact) mass is 216 g/mol. The Balaban J connectivity index is 4.33. The normalized spacial score (nSPS) is 10.1. The lowest BCUT2D eigenvalue weighted by atomic mass is 10.1. The Kier molecular flexibility index (Phi) is 8.15. The summed E-state index contributed by atoms with van der Waals surface area (Å²) in [5.41, 5.74) is 0. The van der Waals surface area contributed by atoms with Gasteiger partial charge in [0.15, 0.2) is 0 Å². The van der Waals surface area contributed by atoms with Gasteiger partial charge in [0.1, 0.15) is 19.6 Å². The van der Waals surface area contributed by atoms with E-state index in [1.54, 1.807) is 0 Å². The molecule has 0 N–H and O–H groups in total. The van der Waals surface area contributed by atoms with Crippen LogP contribution in [0, 0.1) is 37.0 Å². The third-order valence-corrected chi connectivity index (χ3v) is 2.77. The van der Waals surface area contributed by atoms with Crippen LogP contribution in [0.15, 0.2) is 0 Å². The van der Waals surface area contributed by atoms with Crippen molar-refractivity contribution in [2.75, 3.05) is 26.2 Å². The van der Waals surface area contributed by atoms with Crippen LogP contribution in [-0.2, 0) is 0 Å². The summed E-state index contributed by atoms with van der Waals surface area (Å²) in [4.78, 5) is 0. The number of unbranched alkanes of at least 4 members (excludes halogenated alkanes) is 3. The van der Waals surface area contributed by atoms with E-state index in [4.69, 9.17) is 19.3 Å². The highest BCUT2D eigenvalue weighted by molar-refractivity contribution is 4.92.